The predicted molar refractivity (Wildman–Crippen MR) is 85.5 cm³/mol. The normalized spacial score (nSPS) is 11.9. The molecule has 5 heteroatoms. The van der Waals surface area contributed by atoms with E-state index in [1.165, 1.54) is 0 Å². The molecule has 0 aromatic heterocycles. The summed E-state index contributed by atoms with van der Waals surface area (Å²) in [5.41, 5.74) is 1.32. The first-order chi connectivity index (χ1) is 10.1. The molecule has 0 aliphatic rings. The van der Waals surface area contributed by atoms with Crippen LogP contribution in [0.5, 0.6) is 5.75 Å². The van der Waals surface area contributed by atoms with Gasteiger partial charge in [0, 0.05) is 21.4 Å². The molecule has 0 fully saturated rings. The first-order valence-electron chi connectivity index (χ1n) is 6.36. The number of methoxy groups -OCH3 is 1. The zero-order valence-electron chi connectivity index (χ0n) is 11.5. The molecule has 0 amide bonds. The Morgan fingerprint density at radius 1 is 1.14 bits per heavy atom. The zero-order valence-corrected chi connectivity index (χ0v) is 13.1. The van der Waals surface area contributed by atoms with Crippen molar-refractivity contribution in [2.75, 3.05) is 12.9 Å². The van der Waals surface area contributed by atoms with E-state index in [9.17, 15) is 9.00 Å². The fourth-order valence-electron chi connectivity index (χ4n) is 1.85. The zero-order chi connectivity index (χ0) is 15.2. The fourth-order valence-corrected chi connectivity index (χ4v) is 3.29. The van der Waals surface area contributed by atoms with E-state index in [-0.39, 0.29) is 17.3 Å². The highest BCUT2D eigenvalue weighted by atomic mass is 35.5. The van der Waals surface area contributed by atoms with Crippen molar-refractivity contribution in [3.8, 4) is 5.75 Å². The third-order valence-corrected chi connectivity index (χ3v) is 4.56. The van der Waals surface area contributed by atoms with Crippen molar-refractivity contribution in [3.05, 3.63) is 64.7 Å². The van der Waals surface area contributed by atoms with Crippen LogP contribution < -0.4 is 4.74 Å². The Morgan fingerprint density at radius 3 is 2.43 bits per heavy atom. The molecule has 0 bridgehead atoms. The summed E-state index contributed by atoms with van der Waals surface area (Å²) in [5.74, 6) is 0.797. The highest BCUT2D eigenvalue weighted by molar-refractivity contribution is 7.85. The van der Waals surface area contributed by atoms with Gasteiger partial charge in [-0.2, -0.15) is 0 Å². The van der Waals surface area contributed by atoms with Crippen LogP contribution in [0.1, 0.15) is 15.9 Å². The SMILES string of the molecule is COc1ccc(C(=O)CS(=O)Cc2ccccc2Cl)cc1. The van der Waals surface area contributed by atoms with Crippen LogP contribution >= 0.6 is 11.6 Å². The minimum Gasteiger partial charge on any atom is -0.497 e. The van der Waals surface area contributed by atoms with Crippen molar-refractivity contribution in [2.24, 2.45) is 0 Å². The van der Waals surface area contributed by atoms with Gasteiger partial charge in [-0.15, -0.1) is 0 Å². The number of carbonyl (C=O) groups excluding carboxylic acids is 1. The first kappa shape index (κ1) is 15.7. The summed E-state index contributed by atoms with van der Waals surface area (Å²) in [5, 5.41) is 0.572. The second-order valence-corrected chi connectivity index (χ2v) is 6.34. The van der Waals surface area contributed by atoms with E-state index in [2.05, 4.69) is 0 Å². The number of ether oxygens (including phenoxy) is 1. The Bertz CT molecular complexity index is 653. The van der Waals surface area contributed by atoms with Crippen molar-refractivity contribution >= 4 is 28.2 Å². The molecule has 2 aromatic rings. The van der Waals surface area contributed by atoms with Crippen molar-refractivity contribution in [2.45, 2.75) is 5.75 Å². The Kier molecular flexibility index (Phi) is 5.53. The van der Waals surface area contributed by atoms with Crippen LogP contribution in [-0.4, -0.2) is 22.9 Å². The second kappa shape index (κ2) is 7.38. The average molecular weight is 323 g/mol. The van der Waals surface area contributed by atoms with Gasteiger partial charge in [-0.1, -0.05) is 29.8 Å². The molecular weight excluding hydrogens is 308 g/mol. The fraction of sp³-hybridized carbons (Fsp3) is 0.188. The molecule has 0 aliphatic heterocycles. The van der Waals surface area contributed by atoms with E-state index in [1.807, 2.05) is 18.2 Å². The lowest BCUT2D eigenvalue weighted by molar-refractivity contribution is 0.102. The van der Waals surface area contributed by atoms with Gasteiger partial charge < -0.3 is 4.74 Å². The maximum absolute atomic E-state index is 12.1. The van der Waals surface area contributed by atoms with E-state index >= 15 is 0 Å². The van der Waals surface area contributed by atoms with Gasteiger partial charge in [0.25, 0.3) is 0 Å². The van der Waals surface area contributed by atoms with Crippen LogP contribution in [0.4, 0.5) is 0 Å². The van der Waals surface area contributed by atoms with Gasteiger partial charge in [0.1, 0.15) is 5.75 Å². The number of hydrogen-bond acceptors (Lipinski definition) is 3. The number of carbonyl (C=O) groups is 1. The maximum atomic E-state index is 12.1. The summed E-state index contributed by atoms with van der Waals surface area (Å²) >= 11 is 6.02. The number of hydrogen-bond donors (Lipinski definition) is 0. The monoisotopic (exact) mass is 322 g/mol. The van der Waals surface area contributed by atoms with Gasteiger partial charge in [0.2, 0.25) is 0 Å². The number of benzene rings is 2. The topological polar surface area (TPSA) is 43.4 Å². The van der Waals surface area contributed by atoms with Gasteiger partial charge in [-0.3, -0.25) is 9.00 Å². The first-order valence-corrected chi connectivity index (χ1v) is 8.22. The Morgan fingerprint density at radius 2 is 1.81 bits per heavy atom. The molecule has 0 radical (unpaired) electrons. The predicted octanol–water partition coefficient (Wildman–Crippen LogP) is 3.48. The maximum Gasteiger partial charge on any atom is 0.175 e. The lowest BCUT2D eigenvalue weighted by Crippen LogP contribution is -2.12. The third kappa shape index (κ3) is 4.41. The van der Waals surface area contributed by atoms with E-state index < -0.39 is 10.8 Å². The molecule has 0 N–H and O–H groups in total. The quantitative estimate of drug-likeness (QED) is 0.765. The smallest absolute Gasteiger partial charge is 0.175 e. The van der Waals surface area contributed by atoms with E-state index in [1.54, 1.807) is 37.4 Å². The van der Waals surface area contributed by atoms with E-state index in [4.69, 9.17) is 16.3 Å². The lowest BCUT2D eigenvalue weighted by Gasteiger charge is -2.05. The van der Waals surface area contributed by atoms with Gasteiger partial charge in [-0.05, 0) is 35.9 Å². The minimum atomic E-state index is -1.28. The van der Waals surface area contributed by atoms with Crippen LogP contribution in [0.25, 0.3) is 0 Å². The summed E-state index contributed by atoms with van der Waals surface area (Å²) in [6.07, 6.45) is 0. The van der Waals surface area contributed by atoms with Gasteiger partial charge in [0.05, 0.1) is 18.6 Å². The van der Waals surface area contributed by atoms with Gasteiger partial charge in [-0.25, -0.2) is 0 Å². The molecule has 0 heterocycles. The molecule has 1 atom stereocenters. The molecule has 2 aromatic carbocycles. The summed E-state index contributed by atoms with van der Waals surface area (Å²) in [6, 6.07) is 14.0. The standard InChI is InChI=1S/C16H15ClO3S/c1-20-14-8-6-12(7-9-14)16(18)11-21(19)10-13-4-2-3-5-15(13)17/h2-9H,10-11H2,1H3. The molecule has 0 saturated carbocycles. The molecule has 21 heavy (non-hydrogen) atoms. The third-order valence-electron chi connectivity index (χ3n) is 2.98. The molecular formula is C16H15ClO3S. The molecule has 3 nitrogen and oxygen atoms in total. The van der Waals surface area contributed by atoms with Crippen LogP contribution in [0.15, 0.2) is 48.5 Å². The minimum absolute atomic E-state index is 0.0163. The van der Waals surface area contributed by atoms with Crippen molar-refractivity contribution < 1.29 is 13.7 Å². The van der Waals surface area contributed by atoms with E-state index in [0.717, 1.165) is 5.56 Å². The van der Waals surface area contributed by atoms with E-state index in [0.29, 0.717) is 16.3 Å². The summed E-state index contributed by atoms with van der Waals surface area (Å²) in [6.45, 7) is 0. The van der Waals surface area contributed by atoms with Crippen LogP contribution in [0.2, 0.25) is 5.02 Å². The molecule has 0 aliphatic carbocycles. The number of rotatable bonds is 6. The number of Topliss-reactive ketones (excluding diaryl/α,β-unsaturated/α-hetero) is 1. The second-order valence-electron chi connectivity index (χ2n) is 4.47. The number of halogens is 1. The van der Waals surface area contributed by atoms with Gasteiger partial charge in [0.15, 0.2) is 5.78 Å². The molecule has 110 valence electrons. The van der Waals surface area contributed by atoms with Crippen LogP contribution in [0.3, 0.4) is 0 Å². The highest BCUT2D eigenvalue weighted by Gasteiger charge is 2.12. The van der Waals surface area contributed by atoms with Crippen molar-refractivity contribution in [3.63, 3.8) is 0 Å². The Hall–Kier alpha value is -1.65. The van der Waals surface area contributed by atoms with Crippen LogP contribution in [0, 0.1) is 0 Å². The molecule has 1 unspecified atom stereocenters. The Balaban J connectivity index is 1.98. The Labute approximate surface area is 131 Å². The molecule has 2 rings (SSSR count). The summed E-state index contributed by atoms with van der Waals surface area (Å²) < 4.78 is 17.1. The van der Waals surface area contributed by atoms with Gasteiger partial charge >= 0.3 is 0 Å². The largest absolute Gasteiger partial charge is 0.497 e. The highest BCUT2D eigenvalue weighted by Crippen LogP contribution is 2.17. The lowest BCUT2D eigenvalue weighted by atomic mass is 10.1. The average Bonchev–Trinajstić information content (AvgIpc) is 2.49. The van der Waals surface area contributed by atoms with Crippen molar-refractivity contribution in [1.29, 1.82) is 0 Å². The van der Waals surface area contributed by atoms with Crippen molar-refractivity contribution in [1.82, 2.24) is 0 Å². The molecule has 0 saturated heterocycles. The summed E-state index contributed by atoms with van der Waals surface area (Å²) in [7, 11) is 0.281. The summed E-state index contributed by atoms with van der Waals surface area (Å²) in [4.78, 5) is 12.1. The number of ketones is 1. The van der Waals surface area contributed by atoms with Crippen LogP contribution in [-0.2, 0) is 16.6 Å². The molecule has 0 spiro atoms.